The van der Waals surface area contributed by atoms with Gasteiger partial charge in [0.2, 0.25) is 5.88 Å². The maximum Gasteiger partial charge on any atom is 0.491 e. The highest BCUT2D eigenvalue weighted by atomic mass is 19.4. The van der Waals surface area contributed by atoms with Gasteiger partial charge in [0, 0.05) is 18.7 Å². The third-order valence-corrected chi connectivity index (χ3v) is 3.99. The Morgan fingerprint density at radius 2 is 1.66 bits per heavy atom. The van der Waals surface area contributed by atoms with Gasteiger partial charge in [0.25, 0.3) is 0 Å². The molecule has 2 heterocycles. The predicted octanol–water partition coefficient (Wildman–Crippen LogP) is 2.87. The lowest BCUT2D eigenvalue weighted by molar-refractivity contribution is -0.190. The first kappa shape index (κ1) is 23.1. The van der Waals surface area contributed by atoms with Crippen LogP contribution in [0.3, 0.4) is 0 Å². The first-order valence-corrected chi connectivity index (χ1v) is 8.65. The molecule has 0 unspecified atom stereocenters. The van der Waals surface area contributed by atoms with Crippen LogP contribution in [0.2, 0.25) is 0 Å². The number of nitrogens with one attached hydrogen (secondary N) is 1. The smallest absolute Gasteiger partial charge is 0.491 e. The van der Waals surface area contributed by atoms with Crippen molar-refractivity contribution in [2.45, 2.75) is 18.9 Å². The number of aromatic hydroxyl groups is 1. The van der Waals surface area contributed by atoms with Crippen LogP contribution in [0.25, 0.3) is 11.3 Å². The Labute approximate surface area is 174 Å². The molecule has 1 aliphatic rings. The molecule has 0 saturated carbocycles. The highest BCUT2D eigenvalue weighted by Crippen LogP contribution is 2.45. The minimum Gasteiger partial charge on any atom is -0.504 e. The molecule has 1 aromatic heterocycles. The molecule has 14 heteroatoms. The van der Waals surface area contributed by atoms with Crippen molar-refractivity contribution < 1.29 is 55.2 Å². The number of pyridine rings is 1. The summed E-state index contributed by atoms with van der Waals surface area (Å²) in [4.78, 5) is 26.7. The molecular weight excluding hydrogens is 454 g/mol. The number of carbonyl (C=O) groups is 2. The number of aromatic nitrogens is 1. The molecule has 172 valence electrons. The molecule has 0 radical (unpaired) electrons. The molecule has 1 aliphatic heterocycles. The Morgan fingerprint density at radius 1 is 1.00 bits per heavy atom. The number of phenols is 1. The number of hydrogen-bond acceptors (Lipinski definition) is 8. The third kappa shape index (κ3) is 5.01. The molecule has 1 aromatic carbocycles. The fourth-order valence-electron chi connectivity index (χ4n) is 2.60. The molecule has 0 fully saturated rings. The third-order valence-electron chi connectivity index (χ3n) is 3.99. The number of benzene rings is 1. The van der Waals surface area contributed by atoms with E-state index in [9.17, 15) is 41.0 Å². The fraction of sp³-hybridized carbons (Fsp3) is 0.278. The van der Waals surface area contributed by atoms with E-state index in [-0.39, 0.29) is 12.5 Å². The maximum absolute atomic E-state index is 12.7. The van der Waals surface area contributed by atoms with Crippen molar-refractivity contribution in [1.82, 2.24) is 10.3 Å². The fourth-order valence-corrected chi connectivity index (χ4v) is 2.60. The zero-order valence-corrected chi connectivity index (χ0v) is 15.6. The van der Waals surface area contributed by atoms with E-state index in [4.69, 9.17) is 4.74 Å². The van der Waals surface area contributed by atoms with Gasteiger partial charge in [-0.2, -0.15) is 26.3 Å². The number of nitrogens with zero attached hydrogens (tertiary/aromatic N) is 1. The van der Waals surface area contributed by atoms with E-state index in [0.717, 1.165) is 6.07 Å². The molecule has 8 nitrogen and oxygen atoms in total. The van der Waals surface area contributed by atoms with E-state index in [1.807, 2.05) is 0 Å². The van der Waals surface area contributed by atoms with Crippen molar-refractivity contribution in [3.8, 4) is 34.4 Å². The predicted molar refractivity (Wildman–Crippen MR) is 91.9 cm³/mol. The summed E-state index contributed by atoms with van der Waals surface area (Å²) >= 11 is 0. The van der Waals surface area contributed by atoms with Gasteiger partial charge in [-0.25, -0.2) is 14.6 Å². The minimum absolute atomic E-state index is 0.0166. The topological polar surface area (TPSA) is 107 Å². The lowest BCUT2D eigenvalue weighted by Gasteiger charge is -2.17. The van der Waals surface area contributed by atoms with Crippen LogP contribution in [0.15, 0.2) is 24.3 Å². The van der Waals surface area contributed by atoms with E-state index in [1.165, 1.54) is 6.07 Å². The van der Waals surface area contributed by atoms with Crippen LogP contribution in [0.1, 0.15) is 5.56 Å². The second-order valence-electron chi connectivity index (χ2n) is 6.25. The van der Waals surface area contributed by atoms with Gasteiger partial charge in [-0.1, -0.05) is 6.07 Å². The average Bonchev–Trinajstić information content (AvgIpc) is 2.93. The molecule has 0 saturated heterocycles. The van der Waals surface area contributed by atoms with E-state index in [1.54, 1.807) is 0 Å². The number of ether oxygens (including phenoxy) is 3. The number of carbonyl (C=O) groups excluding carboxylic acids is 2. The molecule has 0 atom stereocenters. The maximum atomic E-state index is 12.7. The number of hydrogen-bond donors (Lipinski definition) is 2. The van der Waals surface area contributed by atoms with Crippen LogP contribution >= 0.6 is 0 Å². The molecule has 2 N–H and O–H groups in total. The van der Waals surface area contributed by atoms with Crippen molar-refractivity contribution in [2.24, 2.45) is 0 Å². The summed E-state index contributed by atoms with van der Waals surface area (Å²) in [7, 11) is 0. The van der Waals surface area contributed by atoms with Gasteiger partial charge in [-0.05, 0) is 18.2 Å². The molecule has 0 bridgehead atoms. The summed E-state index contributed by atoms with van der Waals surface area (Å²) in [6.07, 6.45) is -11.0. The molecule has 0 aliphatic carbocycles. The zero-order valence-electron chi connectivity index (χ0n) is 15.6. The van der Waals surface area contributed by atoms with Gasteiger partial charge < -0.3 is 24.6 Å². The van der Waals surface area contributed by atoms with Gasteiger partial charge in [0.05, 0.1) is 11.3 Å². The Kier molecular flexibility index (Phi) is 6.16. The van der Waals surface area contributed by atoms with E-state index in [0.29, 0.717) is 30.8 Å². The Morgan fingerprint density at radius 3 is 2.31 bits per heavy atom. The van der Waals surface area contributed by atoms with Crippen molar-refractivity contribution >= 4 is 11.9 Å². The quantitative estimate of drug-likeness (QED) is 0.404. The number of alkyl halides is 6. The van der Waals surface area contributed by atoms with Gasteiger partial charge in [0.15, 0.2) is 11.5 Å². The number of fused-ring (bicyclic) bond motifs is 1. The standard InChI is InChI=1S/C18H12F6N2O6/c19-17(20,21)15(28)31-11-4-3-10(27)13(32-16(29)18(22,23)24)12(11)9-2-1-8-7-25-5-6-30-14(8)26-9/h1-4,25,27H,5-7H2. The highest BCUT2D eigenvalue weighted by molar-refractivity contribution is 5.87. The second kappa shape index (κ2) is 8.53. The van der Waals surface area contributed by atoms with Gasteiger partial charge in [0.1, 0.15) is 12.4 Å². The number of esters is 2. The summed E-state index contributed by atoms with van der Waals surface area (Å²) in [6.45, 7) is 0.879. The normalized spacial score (nSPS) is 14.1. The SMILES string of the molecule is O=C(Oc1ccc(O)c(OC(=O)C(F)(F)F)c1-c1ccc2c(n1)OCCNC2)C(F)(F)F. The summed E-state index contributed by atoms with van der Waals surface area (Å²) in [5.74, 6) is -8.72. The number of halogens is 6. The first-order valence-electron chi connectivity index (χ1n) is 8.65. The van der Waals surface area contributed by atoms with Crippen LogP contribution < -0.4 is 19.5 Å². The summed E-state index contributed by atoms with van der Waals surface area (Å²) in [5.41, 5.74) is -0.686. The van der Waals surface area contributed by atoms with E-state index < -0.39 is 52.8 Å². The zero-order chi connectivity index (χ0) is 23.7. The van der Waals surface area contributed by atoms with Crippen LogP contribution in [-0.4, -0.2) is 47.5 Å². The van der Waals surface area contributed by atoms with Crippen molar-refractivity contribution in [1.29, 1.82) is 0 Å². The second-order valence-corrected chi connectivity index (χ2v) is 6.25. The highest BCUT2D eigenvalue weighted by Gasteiger charge is 2.44. The molecule has 2 aromatic rings. The number of phenolic OH excluding ortho intramolecular Hbond substituents is 1. The van der Waals surface area contributed by atoms with Crippen molar-refractivity contribution in [3.63, 3.8) is 0 Å². The monoisotopic (exact) mass is 466 g/mol. The van der Waals surface area contributed by atoms with E-state index >= 15 is 0 Å². The lowest BCUT2D eigenvalue weighted by Crippen LogP contribution is -2.29. The first-order chi connectivity index (χ1) is 14.9. The van der Waals surface area contributed by atoms with Crippen LogP contribution in [0, 0.1) is 0 Å². The summed E-state index contributed by atoms with van der Waals surface area (Å²) in [6, 6.07) is 3.81. The molecule has 32 heavy (non-hydrogen) atoms. The van der Waals surface area contributed by atoms with Crippen molar-refractivity contribution in [2.75, 3.05) is 13.2 Å². The van der Waals surface area contributed by atoms with Crippen LogP contribution in [0.4, 0.5) is 26.3 Å². The largest absolute Gasteiger partial charge is 0.504 e. The molecular formula is C18H12F6N2O6. The summed E-state index contributed by atoms with van der Waals surface area (Å²) < 4.78 is 90.0. The number of rotatable bonds is 3. The Hall–Kier alpha value is -3.55. The average molecular weight is 466 g/mol. The van der Waals surface area contributed by atoms with Crippen molar-refractivity contribution in [3.05, 3.63) is 29.8 Å². The Balaban J connectivity index is 2.18. The minimum atomic E-state index is -5.50. The molecule has 3 rings (SSSR count). The summed E-state index contributed by atoms with van der Waals surface area (Å²) in [5, 5.41) is 13.0. The van der Waals surface area contributed by atoms with E-state index in [2.05, 4.69) is 19.8 Å². The molecule has 0 spiro atoms. The van der Waals surface area contributed by atoms with Gasteiger partial charge in [-0.15, -0.1) is 0 Å². The van der Waals surface area contributed by atoms with Gasteiger partial charge >= 0.3 is 24.3 Å². The van der Waals surface area contributed by atoms with Crippen LogP contribution in [-0.2, 0) is 16.1 Å². The molecule has 0 amide bonds. The Bertz CT molecular complexity index is 1050. The van der Waals surface area contributed by atoms with Gasteiger partial charge in [-0.3, -0.25) is 0 Å². The van der Waals surface area contributed by atoms with Crippen LogP contribution in [0.5, 0.6) is 23.1 Å². The lowest BCUT2D eigenvalue weighted by atomic mass is 10.1.